The van der Waals surface area contributed by atoms with Crippen molar-refractivity contribution in [1.82, 2.24) is 5.32 Å². The van der Waals surface area contributed by atoms with Gasteiger partial charge in [-0.05, 0) is 0 Å². The predicted octanol–water partition coefficient (Wildman–Crippen LogP) is -2.93. The van der Waals surface area contributed by atoms with Crippen LogP contribution in [-0.4, -0.2) is 39.4 Å². The summed E-state index contributed by atoms with van der Waals surface area (Å²) in [6.07, 6.45) is 0. The molecule has 1 atom stereocenters. The zero-order valence-corrected chi connectivity index (χ0v) is 6.26. The third-order valence-electron chi connectivity index (χ3n) is 1.06. The SMILES string of the molecule is NCC(=O)NC(O)(C(=O)O)[N+](=O)[O-]. The van der Waals surface area contributed by atoms with Gasteiger partial charge in [-0.3, -0.25) is 20.2 Å². The lowest BCUT2D eigenvalue weighted by Crippen LogP contribution is -2.61. The van der Waals surface area contributed by atoms with E-state index in [2.05, 4.69) is 0 Å². The Bertz CT molecular complexity index is 236. The van der Waals surface area contributed by atoms with Gasteiger partial charge in [0.2, 0.25) is 5.91 Å². The van der Waals surface area contributed by atoms with Crippen molar-refractivity contribution in [2.24, 2.45) is 5.73 Å². The summed E-state index contributed by atoms with van der Waals surface area (Å²) >= 11 is 0. The van der Waals surface area contributed by atoms with Crippen molar-refractivity contribution in [2.45, 2.75) is 5.85 Å². The van der Waals surface area contributed by atoms with Crippen molar-refractivity contribution in [3.63, 3.8) is 0 Å². The molecule has 1 unspecified atom stereocenters. The number of carboxylic acid groups (broad SMARTS) is 1. The molecule has 0 aliphatic carbocycles. The second-order valence-electron chi connectivity index (χ2n) is 1.99. The number of hydrogen-bond donors (Lipinski definition) is 4. The van der Waals surface area contributed by atoms with E-state index in [1.165, 1.54) is 5.32 Å². The molecule has 0 aromatic carbocycles. The first kappa shape index (κ1) is 11.3. The van der Waals surface area contributed by atoms with E-state index in [4.69, 9.17) is 15.9 Å². The van der Waals surface area contributed by atoms with E-state index in [-0.39, 0.29) is 0 Å². The topological polar surface area (TPSA) is 156 Å². The fraction of sp³-hybridized carbons (Fsp3) is 0.500. The maximum Gasteiger partial charge on any atom is 0.506 e. The number of nitro groups is 1. The second-order valence-corrected chi connectivity index (χ2v) is 1.99. The summed E-state index contributed by atoms with van der Waals surface area (Å²) in [5.74, 6) is -6.86. The molecule has 1 amide bonds. The molecule has 0 saturated heterocycles. The lowest BCUT2D eigenvalue weighted by atomic mass is 10.4. The van der Waals surface area contributed by atoms with E-state index in [1.807, 2.05) is 0 Å². The number of carboxylic acids is 1. The van der Waals surface area contributed by atoms with Gasteiger partial charge in [-0.25, -0.2) is 4.79 Å². The minimum Gasteiger partial charge on any atom is -0.472 e. The van der Waals surface area contributed by atoms with Crippen LogP contribution in [0, 0.1) is 10.1 Å². The Hall–Kier alpha value is -1.74. The number of nitrogens with zero attached hydrogens (tertiary/aromatic N) is 1. The smallest absolute Gasteiger partial charge is 0.472 e. The summed E-state index contributed by atoms with van der Waals surface area (Å²) < 4.78 is 0. The Morgan fingerprint density at radius 2 is 2.08 bits per heavy atom. The number of aliphatic hydroxyl groups is 1. The lowest BCUT2D eigenvalue weighted by molar-refractivity contribution is -0.612. The third-order valence-corrected chi connectivity index (χ3v) is 1.06. The monoisotopic (exact) mass is 193 g/mol. The normalized spacial score (nSPS) is 14.3. The first-order valence-corrected chi connectivity index (χ1v) is 2.96. The van der Waals surface area contributed by atoms with Crippen LogP contribution < -0.4 is 11.1 Å². The summed E-state index contributed by atoms with van der Waals surface area (Å²) in [6.45, 7) is -0.663. The number of rotatable bonds is 4. The predicted molar refractivity (Wildman–Crippen MR) is 36.8 cm³/mol. The van der Waals surface area contributed by atoms with Crippen molar-refractivity contribution in [2.75, 3.05) is 6.54 Å². The van der Waals surface area contributed by atoms with E-state index < -0.39 is 29.2 Å². The van der Waals surface area contributed by atoms with E-state index in [1.54, 1.807) is 0 Å². The van der Waals surface area contributed by atoms with Crippen LogP contribution in [0.5, 0.6) is 0 Å². The number of carbonyl (C=O) groups excluding carboxylic acids is 1. The van der Waals surface area contributed by atoms with Gasteiger partial charge in [-0.15, -0.1) is 0 Å². The van der Waals surface area contributed by atoms with Crippen molar-refractivity contribution in [3.8, 4) is 0 Å². The first-order valence-electron chi connectivity index (χ1n) is 2.96. The summed E-state index contributed by atoms with van der Waals surface area (Å²) in [6, 6.07) is 0. The third kappa shape index (κ3) is 2.35. The highest BCUT2D eigenvalue weighted by Gasteiger charge is 2.51. The van der Waals surface area contributed by atoms with E-state index in [9.17, 15) is 19.7 Å². The van der Waals surface area contributed by atoms with E-state index >= 15 is 0 Å². The second kappa shape index (κ2) is 3.78. The van der Waals surface area contributed by atoms with Crippen LogP contribution in [0.4, 0.5) is 0 Å². The number of nitrogens with two attached hydrogens (primary N) is 1. The number of carbonyl (C=O) groups is 2. The Balaban J connectivity index is 4.72. The van der Waals surface area contributed by atoms with Crippen LogP contribution in [0.15, 0.2) is 0 Å². The fourth-order valence-electron chi connectivity index (χ4n) is 0.423. The van der Waals surface area contributed by atoms with Gasteiger partial charge in [-0.2, -0.15) is 0 Å². The maximum atomic E-state index is 10.5. The fourth-order valence-corrected chi connectivity index (χ4v) is 0.423. The molecule has 13 heavy (non-hydrogen) atoms. The van der Waals surface area contributed by atoms with Gasteiger partial charge in [0.05, 0.1) is 11.5 Å². The van der Waals surface area contributed by atoms with Gasteiger partial charge < -0.3 is 15.9 Å². The molecule has 74 valence electrons. The molecule has 0 heterocycles. The zero-order valence-electron chi connectivity index (χ0n) is 6.26. The van der Waals surface area contributed by atoms with Crippen LogP contribution in [0.1, 0.15) is 0 Å². The molecule has 5 N–H and O–H groups in total. The molecule has 0 saturated carbocycles. The van der Waals surface area contributed by atoms with Crippen molar-refractivity contribution >= 4 is 11.9 Å². The van der Waals surface area contributed by atoms with Crippen molar-refractivity contribution in [3.05, 3.63) is 10.1 Å². The van der Waals surface area contributed by atoms with Gasteiger partial charge in [0.15, 0.2) is 0 Å². The molecule has 0 fully saturated rings. The zero-order chi connectivity index (χ0) is 10.6. The molecular weight excluding hydrogens is 186 g/mol. The van der Waals surface area contributed by atoms with Gasteiger partial charge in [0.25, 0.3) is 0 Å². The Morgan fingerprint density at radius 1 is 1.62 bits per heavy atom. The van der Waals surface area contributed by atoms with Crippen LogP contribution in [0.3, 0.4) is 0 Å². The van der Waals surface area contributed by atoms with Gasteiger partial charge in [0.1, 0.15) is 0 Å². The quantitative estimate of drug-likeness (QED) is 0.211. The Kier molecular flexibility index (Phi) is 3.27. The Labute approximate surface area is 71.3 Å². The van der Waals surface area contributed by atoms with Gasteiger partial charge in [-0.1, -0.05) is 0 Å². The molecule has 0 spiro atoms. The summed E-state index contributed by atoms with van der Waals surface area (Å²) in [7, 11) is 0. The van der Waals surface area contributed by atoms with E-state index in [0.717, 1.165) is 0 Å². The van der Waals surface area contributed by atoms with Crippen molar-refractivity contribution < 1.29 is 24.7 Å². The van der Waals surface area contributed by atoms with Gasteiger partial charge in [0, 0.05) is 0 Å². The number of aliphatic carboxylic acids is 1. The largest absolute Gasteiger partial charge is 0.506 e. The molecule has 9 nitrogen and oxygen atoms in total. The van der Waals surface area contributed by atoms with Crippen LogP contribution in [-0.2, 0) is 9.59 Å². The Morgan fingerprint density at radius 3 is 2.31 bits per heavy atom. The minimum atomic E-state index is -3.52. The summed E-state index contributed by atoms with van der Waals surface area (Å²) in [5, 5.41) is 28.2. The molecule has 0 rings (SSSR count). The van der Waals surface area contributed by atoms with E-state index in [0.29, 0.717) is 0 Å². The highest BCUT2D eigenvalue weighted by atomic mass is 16.7. The lowest BCUT2D eigenvalue weighted by Gasteiger charge is -2.14. The molecule has 9 heteroatoms. The molecule has 0 aliphatic rings. The molecule has 0 radical (unpaired) electrons. The number of amides is 1. The number of nitrogens with one attached hydrogen (secondary N) is 1. The molecule has 0 aliphatic heterocycles. The summed E-state index contributed by atoms with van der Waals surface area (Å²) in [5.41, 5.74) is 4.74. The van der Waals surface area contributed by atoms with Gasteiger partial charge >= 0.3 is 11.8 Å². The maximum absolute atomic E-state index is 10.5. The highest BCUT2D eigenvalue weighted by Crippen LogP contribution is 2.00. The number of hydrogen-bond acceptors (Lipinski definition) is 6. The molecule has 0 aromatic rings. The molecule has 0 aromatic heterocycles. The molecule has 0 bridgehead atoms. The molecular formula is C4H7N3O6. The van der Waals surface area contributed by atoms with Crippen molar-refractivity contribution in [1.29, 1.82) is 0 Å². The van der Waals surface area contributed by atoms with Crippen LogP contribution >= 0.6 is 0 Å². The summed E-state index contributed by atoms with van der Waals surface area (Å²) in [4.78, 5) is 29.1. The van der Waals surface area contributed by atoms with Crippen LogP contribution in [0.25, 0.3) is 0 Å². The van der Waals surface area contributed by atoms with Crippen LogP contribution in [0.2, 0.25) is 0 Å². The average Bonchev–Trinajstić information content (AvgIpc) is 2.03. The minimum absolute atomic E-state index is 0.663. The first-order chi connectivity index (χ1) is 5.84. The average molecular weight is 193 g/mol. The standard InChI is InChI=1S/C4H7N3O6/c5-1-2(8)6-4(11,3(9)10)7(12)13/h11H,1,5H2,(H,6,8)(H,9,10). The highest BCUT2D eigenvalue weighted by molar-refractivity contribution is 5.85.